The third-order valence-corrected chi connectivity index (χ3v) is 1.97. The zero-order valence-corrected chi connectivity index (χ0v) is 8.70. The highest BCUT2D eigenvalue weighted by Gasteiger charge is 2.16. The standard InChI is InChI=1S/C8H12N6O3/c9-7(16)13(11)4-1-2-6(15)5(3-4)14(12)8(10)17/h1-3,15H,11-12H2,(H2,9,16)(H2,10,17). The molecule has 0 unspecified atom stereocenters. The Balaban J connectivity index is 3.19. The second-order valence-corrected chi connectivity index (χ2v) is 3.09. The van der Waals surface area contributed by atoms with E-state index in [1.165, 1.54) is 18.2 Å². The molecular weight excluding hydrogens is 228 g/mol. The zero-order valence-electron chi connectivity index (χ0n) is 8.70. The predicted molar refractivity (Wildman–Crippen MR) is 60.6 cm³/mol. The topological polar surface area (TPSA) is 165 Å². The number of carbonyl (C=O) groups excluding carboxylic acids is 2. The molecule has 0 aliphatic carbocycles. The van der Waals surface area contributed by atoms with Crippen molar-refractivity contribution in [3.8, 4) is 5.75 Å². The lowest BCUT2D eigenvalue weighted by Crippen LogP contribution is -2.43. The number of aromatic hydroxyl groups is 1. The smallest absolute Gasteiger partial charge is 0.333 e. The Hall–Kier alpha value is -2.52. The lowest BCUT2D eigenvalue weighted by Gasteiger charge is -2.19. The van der Waals surface area contributed by atoms with Gasteiger partial charge >= 0.3 is 12.1 Å². The molecule has 0 fully saturated rings. The largest absolute Gasteiger partial charge is 0.506 e. The van der Waals surface area contributed by atoms with Crippen LogP contribution in [-0.4, -0.2) is 17.2 Å². The van der Waals surface area contributed by atoms with Crippen molar-refractivity contribution in [3.63, 3.8) is 0 Å². The minimum atomic E-state index is -0.986. The van der Waals surface area contributed by atoms with Gasteiger partial charge in [0, 0.05) is 0 Å². The summed E-state index contributed by atoms with van der Waals surface area (Å²) < 4.78 is 0. The van der Waals surface area contributed by atoms with Crippen LogP contribution in [0.1, 0.15) is 0 Å². The molecule has 0 atom stereocenters. The average molecular weight is 240 g/mol. The van der Waals surface area contributed by atoms with Crippen LogP contribution in [0.4, 0.5) is 21.0 Å². The average Bonchev–Trinajstić information content (AvgIpc) is 2.27. The summed E-state index contributed by atoms with van der Waals surface area (Å²) in [6, 6.07) is 1.80. The van der Waals surface area contributed by atoms with Gasteiger partial charge in [0.05, 0.1) is 5.69 Å². The van der Waals surface area contributed by atoms with Crippen molar-refractivity contribution in [1.29, 1.82) is 0 Å². The van der Waals surface area contributed by atoms with Crippen LogP contribution in [0.25, 0.3) is 0 Å². The highest BCUT2D eigenvalue weighted by atomic mass is 16.3. The Morgan fingerprint density at radius 2 is 1.59 bits per heavy atom. The lowest BCUT2D eigenvalue weighted by molar-refractivity contribution is 0.253. The molecule has 9 N–H and O–H groups in total. The van der Waals surface area contributed by atoms with Crippen molar-refractivity contribution < 1.29 is 14.7 Å². The number of phenols is 1. The summed E-state index contributed by atoms with van der Waals surface area (Å²) in [6.07, 6.45) is 0. The van der Waals surface area contributed by atoms with Gasteiger partial charge in [0.25, 0.3) is 0 Å². The number of primary amides is 2. The number of rotatable bonds is 2. The van der Waals surface area contributed by atoms with Crippen LogP contribution >= 0.6 is 0 Å². The monoisotopic (exact) mass is 240 g/mol. The second kappa shape index (κ2) is 4.55. The molecule has 0 bridgehead atoms. The molecule has 9 nitrogen and oxygen atoms in total. The highest BCUT2D eigenvalue weighted by Crippen LogP contribution is 2.29. The van der Waals surface area contributed by atoms with Crippen molar-refractivity contribution in [3.05, 3.63) is 18.2 Å². The Morgan fingerprint density at radius 1 is 1.06 bits per heavy atom. The summed E-state index contributed by atoms with van der Waals surface area (Å²) in [5.41, 5.74) is 9.93. The van der Waals surface area contributed by atoms with Crippen LogP contribution in [0.2, 0.25) is 0 Å². The fourth-order valence-corrected chi connectivity index (χ4v) is 1.10. The quantitative estimate of drug-likeness (QED) is 0.251. The molecule has 1 aromatic rings. The number of benzene rings is 1. The van der Waals surface area contributed by atoms with Crippen molar-refractivity contribution in [2.24, 2.45) is 23.2 Å². The van der Waals surface area contributed by atoms with Gasteiger partial charge in [-0.05, 0) is 18.2 Å². The first kappa shape index (κ1) is 12.5. The van der Waals surface area contributed by atoms with E-state index in [-0.39, 0.29) is 17.1 Å². The summed E-state index contributed by atoms with van der Waals surface area (Å²) in [4.78, 5) is 21.7. The number of phenolic OH excluding ortho intramolecular Hbond substituents is 1. The minimum Gasteiger partial charge on any atom is -0.506 e. The van der Waals surface area contributed by atoms with Crippen LogP contribution < -0.4 is 33.2 Å². The number of nitrogens with two attached hydrogens (primary N) is 4. The fraction of sp³-hybridized carbons (Fsp3) is 0. The Bertz CT molecular complexity index is 463. The van der Waals surface area contributed by atoms with E-state index in [0.717, 1.165) is 0 Å². The maximum atomic E-state index is 10.8. The molecule has 9 heteroatoms. The van der Waals surface area contributed by atoms with Gasteiger partial charge in [-0.15, -0.1) is 0 Å². The molecule has 1 aromatic carbocycles. The Morgan fingerprint density at radius 3 is 2.06 bits per heavy atom. The van der Waals surface area contributed by atoms with Gasteiger partial charge < -0.3 is 16.6 Å². The van der Waals surface area contributed by atoms with Crippen LogP contribution in [0.5, 0.6) is 5.75 Å². The molecule has 1 rings (SSSR count). The van der Waals surface area contributed by atoms with Crippen molar-refractivity contribution >= 4 is 23.4 Å². The van der Waals surface area contributed by atoms with E-state index >= 15 is 0 Å². The molecule has 4 amide bonds. The lowest BCUT2D eigenvalue weighted by atomic mass is 10.2. The highest BCUT2D eigenvalue weighted by molar-refractivity contribution is 5.94. The predicted octanol–water partition coefficient (Wildman–Crippen LogP) is -1.09. The SMILES string of the molecule is NC(=O)N(N)c1ccc(O)c(N(N)C(N)=O)c1. The number of hydrogen-bond acceptors (Lipinski definition) is 5. The molecule has 0 saturated heterocycles. The number of hydrogen-bond donors (Lipinski definition) is 5. The van der Waals surface area contributed by atoms with Crippen molar-refractivity contribution in [1.82, 2.24) is 0 Å². The summed E-state index contributed by atoms with van der Waals surface area (Å²) in [7, 11) is 0. The molecule has 0 aliphatic heterocycles. The normalized spacial score (nSPS) is 9.76. The van der Waals surface area contributed by atoms with Crippen LogP contribution in [0.3, 0.4) is 0 Å². The summed E-state index contributed by atoms with van der Waals surface area (Å²) in [6.45, 7) is 0. The number of carbonyl (C=O) groups is 2. The zero-order chi connectivity index (χ0) is 13.2. The van der Waals surface area contributed by atoms with Gasteiger partial charge in [-0.1, -0.05) is 0 Å². The first-order chi connectivity index (χ1) is 7.84. The molecule has 0 radical (unpaired) electrons. The second-order valence-electron chi connectivity index (χ2n) is 3.09. The van der Waals surface area contributed by atoms with Crippen molar-refractivity contribution in [2.75, 3.05) is 10.0 Å². The van der Waals surface area contributed by atoms with E-state index in [2.05, 4.69) is 0 Å². The first-order valence-electron chi connectivity index (χ1n) is 4.36. The Labute approximate surface area is 96.1 Å². The summed E-state index contributed by atoms with van der Waals surface area (Å²) in [5.74, 6) is 10.3. The Kier molecular flexibility index (Phi) is 3.36. The van der Waals surface area contributed by atoms with Crippen LogP contribution in [0, 0.1) is 0 Å². The molecular formula is C8H12N6O3. The molecule has 17 heavy (non-hydrogen) atoms. The number of amides is 4. The van der Waals surface area contributed by atoms with E-state index in [0.29, 0.717) is 10.0 Å². The van der Waals surface area contributed by atoms with E-state index < -0.39 is 12.1 Å². The molecule has 92 valence electrons. The fourth-order valence-electron chi connectivity index (χ4n) is 1.10. The third kappa shape index (κ3) is 2.53. The van der Waals surface area contributed by atoms with Gasteiger partial charge in [-0.2, -0.15) is 0 Å². The van der Waals surface area contributed by atoms with E-state index in [4.69, 9.17) is 23.2 Å². The van der Waals surface area contributed by atoms with Crippen molar-refractivity contribution in [2.45, 2.75) is 0 Å². The third-order valence-electron chi connectivity index (χ3n) is 1.97. The first-order valence-corrected chi connectivity index (χ1v) is 4.36. The van der Waals surface area contributed by atoms with E-state index in [9.17, 15) is 14.7 Å². The molecule has 0 heterocycles. The van der Waals surface area contributed by atoms with Gasteiger partial charge in [0.1, 0.15) is 11.4 Å². The molecule has 0 spiro atoms. The van der Waals surface area contributed by atoms with Gasteiger partial charge in [0.2, 0.25) is 0 Å². The minimum absolute atomic E-state index is 0.105. The summed E-state index contributed by atoms with van der Waals surface area (Å²) in [5, 5.41) is 10.6. The van der Waals surface area contributed by atoms with Crippen LogP contribution in [-0.2, 0) is 0 Å². The van der Waals surface area contributed by atoms with Gasteiger partial charge in [-0.3, -0.25) is 0 Å². The van der Waals surface area contributed by atoms with Gasteiger partial charge in [0.15, 0.2) is 0 Å². The molecule has 0 aliphatic rings. The van der Waals surface area contributed by atoms with Crippen LogP contribution in [0.15, 0.2) is 18.2 Å². The molecule has 0 aromatic heterocycles. The number of hydrazine groups is 2. The van der Waals surface area contributed by atoms with E-state index in [1.807, 2.05) is 0 Å². The summed E-state index contributed by atoms with van der Waals surface area (Å²) >= 11 is 0. The maximum absolute atomic E-state index is 10.8. The maximum Gasteiger partial charge on any atom is 0.333 e. The van der Waals surface area contributed by atoms with E-state index in [1.54, 1.807) is 0 Å². The van der Waals surface area contributed by atoms with Gasteiger partial charge in [-0.25, -0.2) is 31.3 Å². The number of anilines is 2. The number of urea groups is 2. The number of nitrogens with zero attached hydrogens (tertiary/aromatic N) is 2. The molecule has 0 saturated carbocycles.